The molecular formula is C16H26N4O2. The Bertz CT molecular complexity index is 525. The van der Waals surface area contributed by atoms with E-state index in [1.54, 1.807) is 14.2 Å². The molecule has 0 bridgehead atoms. The molecule has 3 heterocycles. The van der Waals surface area contributed by atoms with Crippen LogP contribution in [0.3, 0.4) is 0 Å². The lowest BCUT2D eigenvalue weighted by molar-refractivity contribution is 0.0611. The fourth-order valence-corrected chi connectivity index (χ4v) is 3.74. The van der Waals surface area contributed by atoms with Crippen molar-refractivity contribution in [3.8, 4) is 6.01 Å². The number of piperidine rings is 1. The molecule has 1 aromatic heterocycles. The summed E-state index contributed by atoms with van der Waals surface area (Å²) in [7, 11) is 3.44. The van der Waals surface area contributed by atoms with Gasteiger partial charge in [0.2, 0.25) is 0 Å². The fraction of sp³-hybridized carbons (Fsp3) is 0.750. The first kappa shape index (κ1) is 15.5. The van der Waals surface area contributed by atoms with Gasteiger partial charge in [-0.2, -0.15) is 9.97 Å². The lowest BCUT2D eigenvalue weighted by Crippen LogP contribution is -2.50. The van der Waals surface area contributed by atoms with Crippen molar-refractivity contribution in [3.63, 3.8) is 0 Å². The molecule has 0 radical (unpaired) electrons. The summed E-state index contributed by atoms with van der Waals surface area (Å²) in [6, 6.07) is 1.25. The quantitative estimate of drug-likeness (QED) is 0.914. The molecule has 1 fully saturated rings. The molecule has 6 heteroatoms. The SMILES string of the molecule is COc1nc2c(c(N3[C@H](C)C[C@H](OC)C[C@@H]3C)n1)CNCC2. The number of hydrogen-bond donors (Lipinski definition) is 1. The summed E-state index contributed by atoms with van der Waals surface area (Å²) in [5.41, 5.74) is 2.34. The average molecular weight is 306 g/mol. The predicted molar refractivity (Wildman–Crippen MR) is 85.4 cm³/mol. The fourth-order valence-electron chi connectivity index (χ4n) is 3.74. The van der Waals surface area contributed by atoms with Crippen molar-refractivity contribution >= 4 is 5.82 Å². The van der Waals surface area contributed by atoms with Crippen LogP contribution in [-0.4, -0.2) is 48.9 Å². The van der Waals surface area contributed by atoms with E-state index in [9.17, 15) is 0 Å². The van der Waals surface area contributed by atoms with Gasteiger partial charge < -0.3 is 19.7 Å². The number of fused-ring (bicyclic) bond motifs is 1. The van der Waals surface area contributed by atoms with E-state index in [1.165, 1.54) is 5.56 Å². The molecule has 1 saturated heterocycles. The number of anilines is 1. The highest BCUT2D eigenvalue weighted by atomic mass is 16.5. The van der Waals surface area contributed by atoms with E-state index in [0.29, 0.717) is 24.2 Å². The van der Waals surface area contributed by atoms with Crippen molar-refractivity contribution in [2.24, 2.45) is 0 Å². The predicted octanol–water partition coefficient (Wildman–Crippen LogP) is 1.52. The number of hydrogen-bond acceptors (Lipinski definition) is 6. The van der Waals surface area contributed by atoms with Gasteiger partial charge in [-0.3, -0.25) is 0 Å². The summed E-state index contributed by atoms with van der Waals surface area (Å²) < 4.78 is 10.9. The first-order valence-corrected chi connectivity index (χ1v) is 8.09. The molecule has 1 aromatic rings. The van der Waals surface area contributed by atoms with Gasteiger partial charge in [-0.05, 0) is 26.7 Å². The summed E-state index contributed by atoms with van der Waals surface area (Å²) in [6.45, 7) is 6.29. The summed E-state index contributed by atoms with van der Waals surface area (Å²) in [5, 5.41) is 3.44. The van der Waals surface area contributed by atoms with Crippen LogP contribution in [-0.2, 0) is 17.7 Å². The highest BCUT2D eigenvalue weighted by Crippen LogP contribution is 2.34. The average Bonchev–Trinajstić information content (AvgIpc) is 2.53. The normalized spacial score (nSPS) is 28.4. The van der Waals surface area contributed by atoms with E-state index in [1.807, 2.05) is 0 Å². The van der Waals surface area contributed by atoms with E-state index in [0.717, 1.165) is 43.9 Å². The van der Waals surface area contributed by atoms with Crippen molar-refractivity contribution in [1.29, 1.82) is 0 Å². The first-order chi connectivity index (χ1) is 10.6. The minimum Gasteiger partial charge on any atom is -0.467 e. The van der Waals surface area contributed by atoms with Crippen LogP contribution in [0.4, 0.5) is 5.82 Å². The van der Waals surface area contributed by atoms with Gasteiger partial charge in [-0.1, -0.05) is 0 Å². The lowest BCUT2D eigenvalue weighted by atomic mass is 9.93. The number of methoxy groups -OCH3 is 2. The van der Waals surface area contributed by atoms with E-state index >= 15 is 0 Å². The second-order valence-corrected chi connectivity index (χ2v) is 6.32. The molecule has 3 atom stereocenters. The van der Waals surface area contributed by atoms with E-state index in [-0.39, 0.29) is 0 Å². The maximum atomic E-state index is 5.58. The number of nitrogens with zero attached hydrogens (tertiary/aromatic N) is 3. The molecule has 0 spiro atoms. The largest absolute Gasteiger partial charge is 0.467 e. The van der Waals surface area contributed by atoms with Crippen LogP contribution in [0.2, 0.25) is 0 Å². The van der Waals surface area contributed by atoms with Crippen molar-refractivity contribution < 1.29 is 9.47 Å². The smallest absolute Gasteiger partial charge is 0.318 e. The number of rotatable bonds is 3. The third kappa shape index (κ3) is 2.77. The van der Waals surface area contributed by atoms with Crippen molar-refractivity contribution in [2.45, 2.75) is 57.8 Å². The van der Waals surface area contributed by atoms with Crippen molar-refractivity contribution in [2.75, 3.05) is 25.7 Å². The Labute approximate surface area is 132 Å². The summed E-state index contributed by atoms with van der Waals surface area (Å²) in [4.78, 5) is 11.7. The first-order valence-electron chi connectivity index (χ1n) is 8.09. The zero-order chi connectivity index (χ0) is 15.7. The van der Waals surface area contributed by atoms with Gasteiger partial charge in [0.05, 0.1) is 18.9 Å². The highest BCUT2D eigenvalue weighted by molar-refractivity contribution is 5.53. The van der Waals surface area contributed by atoms with Gasteiger partial charge in [-0.15, -0.1) is 0 Å². The zero-order valence-electron chi connectivity index (χ0n) is 13.9. The van der Waals surface area contributed by atoms with E-state index in [2.05, 4.69) is 29.0 Å². The summed E-state index contributed by atoms with van der Waals surface area (Å²) >= 11 is 0. The standard InChI is InChI=1S/C16H26N4O2/c1-10-7-12(21-3)8-11(2)20(10)15-13-9-17-6-5-14(13)18-16(19-15)22-4/h10-12,17H,5-9H2,1-4H3/t10-,11+,12+. The molecule has 6 nitrogen and oxygen atoms in total. The molecule has 22 heavy (non-hydrogen) atoms. The second kappa shape index (κ2) is 6.38. The van der Waals surface area contributed by atoms with Crippen LogP contribution in [0.15, 0.2) is 0 Å². The monoisotopic (exact) mass is 306 g/mol. The molecular weight excluding hydrogens is 280 g/mol. The van der Waals surface area contributed by atoms with Crippen LogP contribution in [0.1, 0.15) is 37.9 Å². The Kier molecular flexibility index (Phi) is 4.49. The van der Waals surface area contributed by atoms with Gasteiger partial charge in [0.25, 0.3) is 0 Å². The lowest BCUT2D eigenvalue weighted by Gasteiger charge is -2.44. The molecule has 2 aliphatic heterocycles. The Morgan fingerprint density at radius 3 is 2.50 bits per heavy atom. The Hall–Kier alpha value is -1.40. The molecule has 1 N–H and O–H groups in total. The van der Waals surface area contributed by atoms with Crippen LogP contribution in [0.25, 0.3) is 0 Å². The zero-order valence-corrected chi connectivity index (χ0v) is 13.9. The Morgan fingerprint density at radius 1 is 1.14 bits per heavy atom. The topological polar surface area (TPSA) is 59.5 Å². The van der Waals surface area contributed by atoms with Gasteiger partial charge in [-0.25, -0.2) is 0 Å². The van der Waals surface area contributed by atoms with Gasteiger partial charge >= 0.3 is 6.01 Å². The second-order valence-electron chi connectivity index (χ2n) is 6.32. The third-order valence-corrected chi connectivity index (χ3v) is 4.81. The van der Waals surface area contributed by atoms with Crippen LogP contribution >= 0.6 is 0 Å². The summed E-state index contributed by atoms with van der Waals surface area (Å²) in [6.07, 6.45) is 3.31. The van der Waals surface area contributed by atoms with Crippen molar-refractivity contribution in [1.82, 2.24) is 15.3 Å². The Morgan fingerprint density at radius 2 is 1.86 bits per heavy atom. The highest BCUT2D eigenvalue weighted by Gasteiger charge is 2.34. The molecule has 2 aliphatic rings. The van der Waals surface area contributed by atoms with Crippen LogP contribution in [0.5, 0.6) is 6.01 Å². The molecule has 0 aromatic carbocycles. The van der Waals surface area contributed by atoms with Crippen LogP contribution in [0, 0.1) is 0 Å². The van der Waals surface area contributed by atoms with Gasteiger partial charge in [0.15, 0.2) is 0 Å². The summed E-state index contributed by atoms with van der Waals surface area (Å²) in [5.74, 6) is 1.03. The van der Waals surface area contributed by atoms with Gasteiger partial charge in [0, 0.05) is 44.3 Å². The van der Waals surface area contributed by atoms with Crippen LogP contribution < -0.4 is 15.0 Å². The molecule has 3 rings (SSSR count). The number of aromatic nitrogens is 2. The maximum Gasteiger partial charge on any atom is 0.318 e. The molecule has 0 unspecified atom stereocenters. The molecule has 0 saturated carbocycles. The molecule has 122 valence electrons. The van der Waals surface area contributed by atoms with Crippen molar-refractivity contribution in [3.05, 3.63) is 11.3 Å². The molecule has 0 aliphatic carbocycles. The Balaban J connectivity index is 1.99. The van der Waals surface area contributed by atoms with E-state index < -0.39 is 0 Å². The van der Waals surface area contributed by atoms with Gasteiger partial charge in [0.1, 0.15) is 5.82 Å². The third-order valence-electron chi connectivity index (χ3n) is 4.81. The molecule has 0 amide bonds. The minimum atomic E-state index is 0.332. The number of ether oxygens (including phenoxy) is 2. The minimum absolute atomic E-state index is 0.332. The number of nitrogens with one attached hydrogen (secondary N) is 1. The maximum absolute atomic E-state index is 5.58. The van der Waals surface area contributed by atoms with E-state index in [4.69, 9.17) is 14.5 Å².